The molecule has 0 unspecified atom stereocenters. The minimum absolute atomic E-state index is 0.483. The number of hydrogen-bond acceptors (Lipinski definition) is 2. The smallest absolute Gasteiger partial charge is 0.127 e. The fourth-order valence-corrected chi connectivity index (χ4v) is 1.50. The molecule has 0 saturated heterocycles. The predicted octanol–water partition coefficient (Wildman–Crippen LogP) is 2.83. The molecule has 0 radical (unpaired) electrons. The van der Waals surface area contributed by atoms with E-state index in [-0.39, 0.29) is 0 Å². The molecule has 0 atom stereocenters. The zero-order valence-corrected chi connectivity index (χ0v) is 9.83. The summed E-state index contributed by atoms with van der Waals surface area (Å²) in [5, 5.41) is 0. The molecule has 86 valence electrons. The van der Waals surface area contributed by atoms with Gasteiger partial charge in [0.1, 0.15) is 12.4 Å². The normalized spacial score (nSPS) is 9.88. The Hall–Kier alpha value is -1.54. The zero-order valence-electron chi connectivity index (χ0n) is 9.83. The molecule has 0 saturated carbocycles. The Morgan fingerprint density at radius 2 is 2.12 bits per heavy atom. The molecule has 0 aromatic heterocycles. The highest BCUT2D eigenvalue weighted by Gasteiger charge is 2.07. The van der Waals surface area contributed by atoms with Crippen LogP contribution in [0.15, 0.2) is 43.0 Å². The summed E-state index contributed by atoms with van der Waals surface area (Å²) in [4.78, 5) is 0. The van der Waals surface area contributed by atoms with Gasteiger partial charge in [-0.25, -0.2) is 0 Å². The van der Waals surface area contributed by atoms with Crippen molar-refractivity contribution in [3.05, 3.63) is 54.1 Å². The monoisotopic (exact) mass is 217 g/mol. The summed E-state index contributed by atoms with van der Waals surface area (Å²) >= 11 is 0. The van der Waals surface area contributed by atoms with E-state index in [1.807, 2.05) is 31.2 Å². The molecule has 2 heteroatoms. The SMILES string of the molecule is C=CCc1cccc(CN)c1OCC(=C)C. The van der Waals surface area contributed by atoms with Gasteiger partial charge in [0.2, 0.25) is 0 Å². The molecule has 16 heavy (non-hydrogen) atoms. The van der Waals surface area contributed by atoms with Crippen LogP contribution in [0.3, 0.4) is 0 Å². The largest absolute Gasteiger partial charge is 0.489 e. The Morgan fingerprint density at radius 3 is 2.69 bits per heavy atom. The third-order valence-electron chi connectivity index (χ3n) is 2.23. The molecular weight excluding hydrogens is 198 g/mol. The summed E-state index contributed by atoms with van der Waals surface area (Å²) in [6.45, 7) is 10.5. The average Bonchev–Trinajstić information content (AvgIpc) is 2.27. The van der Waals surface area contributed by atoms with E-state index in [9.17, 15) is 0 Å². The van der Waals surface area contributed by atoms with Crippen molar-refractivity contribution in [2.45, 2.75) is 19.9 Å². The lowest BCUT2D eigenvalue weighted by molar-refractivity contribution is 0.345. The van der Waals surface area contributed by atoms with E-state index < -0.39 is 0 Å². The van der Waals surface area contributed by atoms with Gasteiger partial charge in [-0.1, -0.05) is 30.9 Å². The number of ether oxygens (including phenoxy) is 1. The van der Waals surface area contributed by atoms with Gasteiger partial charge in [0, 0.05) is 12.1 Å². The molecule has 1 aromatic carbocycles. The van der Waals surface area contributed by atoms with Gasteiger partial charge in [-0.2, -0.15) is 0 Å². The molecule has 0 bridgehead atoms. The Kier molecular flexibility index (Phi) is 4.80. The van der Waals surface area contributed by atoms with Gasteiger partial charge in [0.15, 0.2) is 0 Å². The molecule has 0 aliphatic rings. The van der Waals surface area contributed by atoms with Gasteiger partial charge < -0.3 is 10.5 Å². The van der Waals surface area contributed by atoms with Crippen LogP contribution in [0.2, 0.25) is 0 Å². The fourth-order valence-electron chi connectivity index (χ4n) is 1.50. The Bertz CT molecular complexity index is 382. The molecule has 2 nitrogen and oxygen atoms in total. The van der Waals surface area contributed by atoms with Crippen molar-refractivity contribution in [2.75, 3.05) is 6.61 Å². The van der Waals surface area contributed by atoms with E-state index in [0.29, 0.717) is 13.2 Å². The van der Waals surface area contributed by atoms with Crippen LogP contribution < -0.4 is 10.5 Å². The van der Waals surface area contributed by atoms with Crippen molar-refractivity contribution >= 4 is 0 Å². The lowest BCUT2D eigenvalue weighted by Crippen LogP contribution is -2.06. The van der Waals surface area contributed by atoms with Crippen LogP contribution >= 0.6 is 0 Å². The second kappa shape index (κ2) is 6.13. The first-order chi connectivity index (χ1) is 7.69. The number of rotatable bonds is 6. The summed E-state index contributed by atoms with van der Waals surface area (Å²) in [7, 11) is 0. The minimum Gasteiger partial charge on any atom is -0.489 e. The zero-order chi connectivity index (χ0) is 12.0. The Morgan fingerprint density at radius 1 is 1.44 bits per heavy atom. The van der Waals surface area contributed by atoms with Crippen LogP contribution in [-0.4, -0.2) is 6.61 Å². The van der Waals surface area contributed by atoms with Gasteiger partial charge in [-0.05, 0) is 24.5 Å². The second-order valence-electron chi connectivity index (χ2n) is 3.85. The number of allylic oxidation sites excluding steroid dienone is 1. The summed E-state index contributed by atoms with van der Waals surface area (Å²) in [5.74, 6) is 0.882. The molecule has 0 aliphatic heterocycles. The second-order valence-corrected chi connectivity index (χ2v) is 3.85. The number of para-hydroxylation sites is 1. The lowest BCUT2D eigenvalue weighted by atomic mass is 10.1. The van der Waals surface area contributed by atoms with Crippen LogP contribution in [0, 0.1) is 0 Å². The quantitative estimate of drug-likeness (QED) is 0.744. The van der Waals surface area contributed by atoms with Gasteiger partial charge >= 0.3 is 0 Å². The number of nitrogens with two attached hydrogens (primary N) is 1. The minimum atomic E-state index is 0.483. The Balaban J connectivity index is 2.98. The van der Waals surface area contributed by atoms with Crippen molar-refractivity contribution in [3.63, 3.8) is 0 Å². The van der Waals surface area contributed by atoms with Crippen molar-refractivity contribution in [1.29, 1.82) is 0 Å². The average molecular weight is 217 g/mol. The molecule has 1 rings (SSSR count). The number of hydrogen-bond donors (Lipinski definition) is 1. The van der Waals surface area contributed by atoms with Crippen LogP contribution in [0.4, 0.5) is 0 Å². The van der Waals surface area contributed by atoms with E-state index >= 15 is 0 Å². The van der Waals surface area contributed by atoms with Gasteiger partial charge in [0.25, 0.3) is 0 Å². The maximum absolute atomic E-state index is 5.75. The maximum Gasteiger partial charge on any atom is 0.127 e. The maximum atomic E-state index is 5.75. The van der Waals surface area contributed by atoms with E-state index in [1.165, 1.54) is 0 Å². The van der Waals surface area contributed by atoms with Crippen molar-refractivity contribution in [1.82, 2.24) is 0 Å². The number of benzene rings is 1. The highest BCUT2D eigenvalue weighted by molar-refractivity contribution is 5.42. The molecule has 0 heterocycles. The summed E-state index contributed by atoms with van der Waals surface area (Å²) < 4.78 is 5.75. The van der Waals surface area contributed by atoms with Crippen LogP contribution in [0.5, 0.6) is 5.75 Å². The standard InChI is InChI=1S/C14H19NO/c1-4-6-12-7-5-8-13(9-15)14(12)16-10-11(2)3/h4-5,7-8H,1-2,6,9-10,15H2,3H3. The fraction of sp³-hybridized carbons (Fsp3) is 0.286. The highest BCUT2D eigenvalue weighted by atomic mass is 16.5. The third kappa shape index (κ3) is 3.24. The Labute approximate surface area is 97.4 Å². The lowest BCUT2D eigenvalue weighted by Gasteiger charge is -2.14. The highest BCUT2D eigenvalue weighted by Crippen LogP contribution is 2.25. The molecule has 0 fully saturated rings. The van der Waals surface area contributed by atoms with Crippen LogP contribution in [0.25, 0.3) is 0 Å². The van der Waals surface area contributed by atoms with E-state index in [0.717, 1.165) is 28.9 Å². The van der Waals surface area contributed by atoms with Crippen LogP contribution in [0.1, 0.15) is 18.1 Å². The summed E-state index contributed by atoms with van der Waals surface area (Å²) in [6, 6.07) is 6.02. The van der Waals surface area contributed by atoms with E-state index in [2.05, 4.69) is 13.2 Å². The topological polar surface area (TPSA) is 35.2 Å². The first-order valence-electron chi connectivity index (χ1n) is 5.38. The van der Waals surface area contributed by atoms with Crippen molar-refractivity contribution in [3.8, 4) is 5.75 Å². The van der Waals surface area contributed by atoms with Crippen molar-refractivity contribution in [2.24, 2.45) is 5.73 Å². The first-order valence-corrected chi connectivity index (χ1v) is 5.38. The third-order valence-corrected chi connectivity index (χ3v) is 2.23. The first kappa shape index (κ1) is 12.5. The molecule has 1 aromatic rings. The van der Waals surface area contributed by atoms with E-state index in [4.69, 9.17) is 10.5 Å². The van der Waals surface area contributed by atoms with Crippen molar-refractivity contribution < 1.29 is 4.74 Å². The molecular formula is C14H19NO. The molecule has 0 amide bonds. The summed E-state index contributed by atoms with van der Waals surface area (Å²) in [6.07, 6.45) is 2.66. The molecule has 0 aliphatic carbocycles. The molecule has 0 spiro atoms. The van der Waals surface area contributed by atoms with E-state index in [1.54, 1.807) is 0 Å². The molecule has 2 N–H and O–H groups in total. The summed E-state index contributed by atoms with van der Waals surface area (Å²) in [5.41, 5.74) is 8.84. The van der Waals surface area contributed by atoms with Gasteiger partial charge in [-0.3, -0.25) is 0 Å². The predicted molar refractivity (Wildman–Crippen MR) is 68.5 cm³/mol. The van der Waals surface area contributed by atoms with Crippen LogP contribution in [-0.2, 0) is 13.0 Å². The van der Waals surface area contributed by atoms with Gasteiger partial charge in [-0.15, -0.1) is 6.58 Å². The van der Waals surface area contributed by atoms with Gasteiger partial charge in [0.05, 0.1) is 0 Å².